The quantitative estimate of drug-likeness (QED) is 0.695. The van der Waals surface area contributed by atoms with Crippen LogP contribution >= 0.6 is 0 Å². The van der Waals surface area contributed by atoms with Gasteiger partial charge in [0.15, 0.2) is 0 Å². The van der Waals surface area contributed by atoms with Gasteiger partial charge in [-0.15, -0.1) is 0 Å². The Morgan fingerprint density at radius 1 is 1.27 bits per heavy atom. The molecule has 0 fully saturated rings. The van der Waals surface area contributed by atoms with Crippen LogP contribution in [0.1, 0.15) is 25.0 Å². The van der Waals surface area contributed by atoms with Crippen molar-refractivity contribution in [3.8, 4) is 6.07 Å². The van der Waals surface area contributed by atoms with Crippen molar-refractivity contribution in [2.75, 3.05) is 6.54 Å². The highest BCUT2D eigenvalue weighted by Crippen LogP contribution is 2.24. The van der Waals surface area contributed by atoms with Crippen molar-refractivity contribution >= 4 is 0 Å². The maximum Gasteiger partial charge on any atom is 0.103 e. The Labute approximate surface area is 91.1 Å². The van der Waals surface area contributed by atoms with E-state index in [0.29, 0.717) is 0 Å². The third-order valence-electron chi connectivity index (χ3n) is 3.19. The van der Waals surface area contributed by atoms with Crippen LogP contribution in [0.25, 0.3) is 0 Å². The summed E-state index contributed by atoms with van der Waals surface area (Å²) in [6.45, 7) is 5.86. The number of nitrogens with zero attached hydrogens (tertiary/aromatic N) is 2. The summed E-state index contributed by atoms with van der Waals surface area (Å²) in [5.74, 6) is 0. The van der Waals surface area contributed by atoms with Crippen LogP contribution in [-0.4, -0.2) is 17.0 Å². The van der Waals surface area contributed by atoms with Crippen LogP contribution in [0.2, 0.25) is 0 Å². The van der Waals surface area contributed by atoms with Gasteiger partial charge in [-0.25, -0.2) is 0 Å². The first-order valence-electron chi connectivity index (χ1n) is 5.36. The van der Waals surface area contributed by atoms with Gasteiger partial charge in [0.05, 0.1) is 6.07 Å². The van der Waals surface area contributed by atoms with E-state index in [2.05, 4.69) is 35.2 Å². The van der Waals surface area contributed by atoms with E-state index in [1.807, 2.05) is 13.8 Å². The highest BCUT2D eigenvalue weighted by atomic mass is 15.2. The fourth-order valence-corrected chi connectivity index (χ4v) is 2.04. The van der Waals surface area contributed by atoms with E-state index in [1.54, 1.807) is 0 Å². The van der Waals surface area contributed by atoms with Gasteiger partial charge < -0.3 is 0 Å². The van der Waals surface area contributed by atoms with Gasteiger partial charge in [0, 0.05) is 13.1 Å². The lowest BCUT2D eigenvalue weighted by Crippen LogP contribution is -2.45. The Hall–Kier alpha value is -1.33. The molecule has 0 amide bonds. The molecule has 0 spiro atoms. The monoisotopic (exact) mass is 200 g/mol. The molecule has 0 aromatic heterocycles. The zero-order chi connectivity index (χ0) is 10.9. The molecule has 1 aromatic rings. The molecule has 2 heteroatoms. The van der Waals surface area contributed by atoms with Gasteiger partial charge in [0.25, 0.3) is 0 Å². The fourth-order valence-electron chi connectivity index (χ4n) is 2.04. The summed E-state index contributed by atoms with van der Waals surface area (Å²) in [4.78, 5) is 2.25. The van der Waals surface area contributed by atoms with Gasteiger partial charge in [-0.05, 0) is 31.4 Å². The van der Waals surface area contributed by atoms with Gasteiger partial charge in [-0.2, -0.15) is 5.26 Å². The molecule has 1 aliphatic heterocycles. The molecular formula is C13H16N2. The van der Waals surface area contributed by atoms with Crippen LogP contribution < -0.4 is 0 Å². The Bertz CT molecular complexity index is 401. The third-order valence-corrected chi connectivity index (χ3v) is 3.19. The fraction of sp³-hybridized carbons (Fsp3) is 0.462. The van der Waals surface area contributed by atoms with E-state index in [-0.39, 0.29) is 5.54 Å². The summed E-state index contributed by atoms with van der Waals surface area (Å²) in [7, 11) is 0. The second-order valence-electron chi connectivity index (χ2n) is 4.61. The summed E-state index contributed by atoms with van der Waals surface area (Å²) in [5.41, 5.74) is 2.45. The molecule has 0 radical (unpaired) electrons. The second kappa shape index (κ2) is 3.67. The molecule has 0 N–H and O–H groups in total. The van der Waals surface area contributed by atoms with Crippen LogP contribution in [0.15, 0.2) is 24.3 Å². The van der Waals surface area contributed by atoms with E-state index >= 15 is 0 Å². The zero-order valence-corrected chi connectivity index (χ0v) is 9.33. The molecule has 0 saturated carbocycles. The normalized spacial score (nSPS) is 16.9. The average molecular weight is 200 g/mol. The summed E-state index contributed by atoms with van der Waals surface area (Å²) >= 11 is 0. The van der Waals surface area contributed by atoms with Gasteiger partial charge in [0.2, 0.25) is 0 Å². The Balaban J connectivity index is 2.23. The summed E-state index contributed by atoms with van der Waals surface area (Å²) < 4.78 is 0. The topological polar surface area (TPSA) is 27.0 Å². The van der Waals surface area contributed by atoms with Crippen LogP contribution in [-0.2, 0) is 13.0 Å². The smallest absolute Gasteiger partial charge is 0.103 e. The highest BCUT2D eigenvalue weighted by Gasteiger charge is 2.29. The molecule has 2 rings (SSSR count). The lowest BCUT2D eigenvalue weighted by atomic mass is 9.95. The van der Waals surface area contributed by atoms with Crippen LogP contribution in [0.4, 0.5) is 0 Å². The van der Waals surface area contributed by atoms with E-state index in [4.69, 9.17) is 5.26 Å². The Morgan fingerprint density at radius 2 is 1.93 bits per heavy atom. The van der Waals surface area contributed by atoms with Gasteiger partial charge >= 0.3 is 0 Å². The van der Waals surface area contributed by atoms with E-state index in [1.165, 1.54) is 11.1 Å². The highest BCUT2D eigenvalue weighted by molar-refractivity contribution is 5.30. The first kappa shape index (κ1) is 10.2. The predicted molar refractivity (Wildman–Crippen MR) is 60.2 cm³/mol. The predicted octanol–water partition coefficient (Wildman–Crippen LogP) is 2.35. The maximum atomic E-state index is 9.10. The van der Waals surface area contributed by atoms with Crippen molar-refractivity contribution in [3.05, 3.63) is 35.4 Å². The number of fused-ring (bicyclic) bond motifs is 1. The molecule has 0 aliphatic carbocycles. The molecule has 2 nitrogen and oxygen atoms in total. The molecule has 0 unspecified atom stereocenters. The number of rotatable bonds is 1. The molecule has 1 aliphatic rings. The average Bonchev–Trinajstić information content (AvgIpc) is 2.28. The van der Waals surface area contributed by atoms with Crippen molar-refractivity contribution in [3.63, 3.8) is 0 Å². The van der Waals surface area contributed by atoms with Gasteiger partial charge in [0.1, 0.15) is 5.54 Å². The number of benzene rings is 1. The Kier molecular flexibility index (Phi) is 2.50. The van der Waals surface area contributed by atoms with E-state index in [9.17, 15) is 0 Å². The van der Waals surface area contributed by atoms with Crippen LogP contribution in [0.3, 0.4) is 0 Å². The number of hydrogen-bond donors (Lipinski definition) is 0. The van der Waals surface area contributed by atoms with E-state index < -0.39 is 0 Å². The third kappa shape index (κ3) is 1.88. The zero-order valence-electron chi connectivity index (χ0n) is 9.33. The van der Waals surface area contributed by atoms with Crippen molar-refractivity contribution < 1.29 is 0 Å². The maximum absolute atomic E-state index is 9.10. The molecule has 0 atom stereocenters. The molecule has 1 aromatic carbocycles. The minimum Gasteiger partial charge on any atom is -0.281 e. The standard InChI is InChI=1S/C13H16N2/c1-13(2,10-14)15-8-7-11-5-3-4-6-12(11)9-15/h3-6H,7-9H2,1-2H3. The van der Waals surface area contributed by atoms with Crippen molar-refractivity contribution in [2.45, 2.75) is 32.4 Å². The summed E-state index contributed by atoms with van der Waals surface area (Å²) in [6, 6.07) is 10.9. The van der Waals surface area contributed by atoms with Crippen molar-refractivity contribution in [1.82, 2.24) is 4.90 Å². The first-order chi connectivity index (χ1) is 7.13. The minimum atomic E-state index is -0.354. The Morgan fingerprint density at radius 3 is 2.60 bits per heavy atom. The first-order valence-corrected chi connectivity index (χ1v) is 5.36. The molecule has 0 saturated heterocycles. The molecule has 78 valence electrons. The molecular weight excluding hydrogens is 184 g/mol. The second-order valence-corrected chi connectivity index (χ2v) is 4.61. The lowest BCUT2D eigenvalue weighted by Gasteiger charge is -2.36. The minimum absolute atomic E-state index is 0.354. The SMILES string of the molecule is CC(C)(C#N)N1CCc2ccccc2C1. The van der Waals surface area contributed by atoms with Crippen LogP contribution in [0.5, 0.6) is 0 Å². The lowest BCUT2D eigenvalue weighted by molar-refractivity contribution is 0.151. The largest absolute Gasteiger partial charge is 0.281 e. The molecule has 15 heavy (non-hydrogen) atoms. The van der Waals surface area contributed by atoms with Gasteiger partial charge in [-0.3, -0.25) is 4.90 Å². The molecule has 0 bridgehead atoms. The van der Waals surface area contributed by atoms with Crippen molar-refractivity contribution in [2.24, 2.45) is 0 Å². The van der Waals surface area contributed by atoms with Gasteiger partial charge in [-0.1, -0.05) is 24.3 Å². The number of nitriles is 1. The van der Waals surface area contributed by atoms with Crippen LogP contribution in [0, 0.1) is 11.3 Å². The van der Waals surface area contributed by atoms with E-state index in [0.717, 1.165) is 19.5 Å². The summed E-state index contributed by atoms with van der Waals surface area (Å²) in [6.07, 6.45) is 1.06. The van der Waals surface area contributed by atoms with Crippen molar-refractivity contribution in [1.29, 1.82) is 5.26 Å². The number of hydrogen-bond acceptors (Lipinski definition) is 2. The summed E-state index contributed by atoms with van der Waals surface area (Å²) in [5, 5.41) is 9.10. The molecule has 1 heterocycles.